The number of rotatable bonds is 8. The van der Waals surface area contributed by atoms with Gasteiger partial charge in [-0.1, -0.05) is 18.2 Å². The maximum absolute atomic E-state index is 12.4. The first-order valence-electron chi connectivity index (χ1n) is 6.60. The fourth-order valence-electron chi connectivity index (χ4n) is 1.86. The lowest BCUT2D eigenvalue weighted by molar-refractivity contribution is 0.0599. The van der Waals surface area contributed by atoms with Gasteiger partial charge in [-0.2, -0.15) is 0 Å². The average Bonchev–Trinajstić information content (AvgIpc) is 2.45. The third-order valence-electron chi connectivity index (χ3n) is 2.73. The number of aryl methyl sites for hydroxylation is 1. The highest BCUT2D eigenvalue weighted by Crippen LogP contribution is 2.48. The summed E-state index contributed by atoms with van der Waals surface area (Å²) in [7, 11) is -1.76. The summed E-state index contributed by atoms with van der Waals surface area (Å²) in [5.41, 5.74) is 1.26. The summed E-state index contributed by atoms with van der Waals surface area (Å²) >= 11 is 0. The van der Waals surface area contributed by atoms with E-state index in [1.807, 2.05) is 12.1 Å². The molecule has 0 atom stereocenters. The molecule has 0 heterocycles. The molecule has 0 aliphatic heterocycles. The molecule has 5 nitrogen and oxygen atoms in total. The average molecular weight is 300 g/mol. The molecule has 0 aliphatic carbocycles. The second kappa shape index (κ2) is 8.20. The lowest BCUT2D eigenvalue weighted by Gasteiger charge is -2.17. The van der Waals surface area contributed by atoms with Crippen molar-refractivity contribution in [2.45, 2.75) is 20.3 Å². The minimum Gasteiger partial charge on any atom is -0.465 e. The van der Waals surface area contributed by atoms with Gasteiger partial charge in [-0.3, -0.25) is 4.57 Å². The van der Waals surface area contributed by atoms with Crippen molar-refractivity contribution in [2.24, 2.45) is 0 Å². The van der Waals surface area contributed by atoms with Crippen LogP contribution in [0.2, 0.25) is 0 Å². The summed E-state index contributed by atoms with van der Waals surface area (Å²) in [5, 5.41) is 0. The van der Waals surface area contributed by atoms with E-state index in [1.165, 1.54) is 7.11 Å². The molecule has 1 aromatic rings. The van der Waals surface area contributed by atoms with E-state index < -0.39 is 13.6 Å². The van der Waals surface area contributed by atoms with Crippen molar-refractivity contribution in [1.82, 2.24) is 0 Å². The van der Waals surface area contributed by atoms with Crippen LogP contribution in [-0.2, 0) is 24.8 Å². The van der Waals surface area contributed by atoms with Crippen LogP contribution in [0, 0.1) is 0 Å². The van der Waals surface area contributed by atoms with Crippen molar-refractivity contribution in [1.29, 1.82) is 0 Å². The minimum atomic E-state index is -3.10. The van der Waals surface area contributed by atoms with Gasteiger partial charge < -0.3 is 13.8 Å². The Hall–Kier alpha value is -1.16. The predicted octanol–water partition coefficient (Wildman–Crippen LogP) is 3.28. The van der Waals surface area contributed by atoms with Crippen LogP contribution in [0.5, 0.6) is 0 Å². The second-order valence-corrected chi connectivity index (χ2v) is 6.25. The number of esters is 1. The van der Waals surface area contributed by atoms with E-state index >= 15 is 0 Å². The van der Waals surface area contributed by atoms with Crippen LogP contribution in [0.15, 0.2) is 24.3 Å². The molecule has 112 valence electrons. The highest BCUT2D eigenvalue weighted by Gasteiger charge is 2.24. The summed E-state index contributed by atoms with van der Waals surface area (Å²) in [6, 6.07) is 7.09. The molecule has 0 bridgehead atoms. The Morgan fingerprint density at radius 3 is 2.30 bits per heavy atom. The van der Waals surface area contributed by atoms with E-state index in [1.54, 1.807) is 26.0 Å². The normalized spacial score (nSPS) is 11.3. The zero-order chi connectivity index (χ0) is 15.0. The predicted molar refractivity (Wildman–Crippen MR) is 77.2 cm³/mol. The first kappa shape index (κ1) is 16.9. The van der Waals surface area contributed by atoms with Gasteiger partial charge in [0.1, 0.15) is 0 Å². The van der Waals surface area contributed by atoms with Crippen molar-refractivity contribution < 1.29 is 23.1 Å². The quantitative estimate of drug-likeness (QED) is 0.544. The molecule has 0 spiro atoms. The van der Waals surface area contributed by atoms with Crippen LogP contribution in [0.3, 0.4) is 0 Å². The molecule has 0 aliphatic rings. The fourth-order valence-corrected chi connectivity index (χ4v) is 3.50. The Kier molecular flexibility index (Phi) is 6.93. The Labute approximate surface area is 119 Å². The molecule has 0 aromatic heterocycles. The fraction of sp³-hybridized carbons (Fsp3) is 0.500. The molecule has 1 rings (SSSR count). The summed E-state index contributed by atoms with van der Waals surface area (Å²) in [4.78, 5) is 11.7. The van der Waals surface area contributed by atoms with Gasteiger partial charge in [0.05, 0.1) is 32.0 Å². The smallest absolute Gasteiger partial charge is 0.338 e. The van der Waals surface area contributed by atoms with E-state index in [0.717, 1.165) is 5.56 Å². The van der Waals surface area contributed by atoms with Gasteiger partial charge in [-0.15, -0.1) is 0 Å². The Morgan fingerprint density at radius 1 is 1.15 bits per heavy atom. The highest BCUT2D eigenvalue weighted by molar-refractivity contribution is 7.53. The van der Waals surface area contributed by atoms with Gasteiger partial charge in [0, 0.05) is 0 Å². The topological polar surface area (TPSA) is 61.8 Å². The van der Waals surface area contributed by atoms with Crippen molar-refractivity contribution in [2.75, 3.05) is 26.5 Å². The number of hydrogen-bond donors (Lipinski definition) is 0. The number of hydrogen-bond acceptors (Lipinski definition) is 5. The Balaban J connectivity index is 2.83. The summed E-state index contributed by atoms with van der Waals surface area (Å²) in [6.07, 6.45) is 0.672. The molecule has 0 radical (unpaired) electrons. The molecule has 0 saturated carbocycles. The van der Waals surface area contributed by atoms with Crippen molar-refractivity contribution in [3.05, 3.63) is 35.4 Å². The van der Waals surface area contributed by atoms with Crippen molar-refractivity contribution >= 4 is 13.6 Å². The van der Waals surface area contributed by atoms with Gasteiger partial charge in [0.15, 0.2) is 0 Å². The van der Waals surface area contributed by atoms with E-state index in [4.69, 9.17) is 13.8 Å². The second-order valence-electron chi connectivity index (χ2n) is 4.07. The first-order valence-corrected chi connectivity index (χ1v) is 8.33. The standard InChI is InChI=1S/C14H21O5P/c1-4-18-20(16,19-5-2)11-10-12-8-6-7-9-13(12)14(15)17-3/h6-9H,4-5,10-11H2,1-3H3. The first-order chi connectivity index (χ1) is 9.56. The summed E-state index contributed by atoms with van der Waals surface area (Å²) < 4.78 is 27.6. The molecular weight excluding hydrogens is 279 g/mol. The molecule has 0 N–H and O–H groups in total. The van der Waals surface area contributed by atoms with E-state index in [-0.39, 0.29) is 6.16 Å². The largest absolute Gasteiger partial charge is 0.465 e. The minimum absolute atomic E-state index is 0.239. The number of carbonyl (C=O) groups excluding carboxylic acids is 1. The number of methoxy groups -OCH3 is 1. The highest BCUT2D eigenvalue weighted by atomic mass is 31.2. The third kappa shape index (κ3) is 4.75. The van der Waals surface area contributed by atoms with Crippen molar-refractivity contribution in [3.63, 3.8) is 0 Å². The monoisotopic (exact) mass is 300 g/mol. The van der Waals surface area contributed by atoms with E-state index in [9.17, 15) is 9.36 Å². The van der Waals surface area contributed by atoms with E-state index in [2.05, 4.69) is 0 Å². The van der Waals surface area contributed by atoms with E-state index in [0.29, 0.717) is 25.2 Å². The molecular formula is C14H21O5P. The van der Waals surface area contributed by atoms with Gasteiger partial charge in [0.25, 0.3) is 0 Å². The summed E-state index contributed by atoms with van der Waals surface area (Å²) in [6.45, 7) is 4.20. The summed E-state index contributed by atoms with van der Waals surface area (Å²) in [5.74, 6) is -0.400. The molecule has 0 amide bonds. The zero-order valence-electron chi connectivity index (χ0n) is 12.1. The van der Waals surface area contributed by atoms with Crippen LogP contribution in [-0.4, -0.2) is 32.5 Å². The third-order valence-corrected chi connectivity index (χ3v) is 4.80. The molecule has 1 aromatic carbocycles. The number of ether oxygens (including phenoxy) is 1. The Morgan fingerprint density at radius 2 is 1.75 bits per heavy atom. The van der Waals surface area contributed by atoms with Gasteiger partial charge in [0.2, 0.25) is 0 Å². The van der Waals surface area contributed by atoms with Crippen LogP contribution in [0.4, 0.5) is 0 Å². The van der Waals surface area contributed by atoms with Gasteiger partial charge in [-0.25, -0.2) is 4.79 Å². The molecule has 0 fully saturated rings. The maximum atomic E-state index is 12.4. The Bertz CT molecular complexity index is 476. The van der Waals surface area contributed by atoms with Crippen molar-refractivity contribution in [3.8, 4) is 0 Å². The SMILES string of the molecule is CCOP(=O)(CCc1ccccc1C(=O)OC)OCC. The molecule has 0 saturated heterocycles. The van der Waals surface area contributed by atoms with Crippen LogP contribution >= 0.6 is 7.60 Å². The number of benzene rings is 1. The van der Waals surface area contributed by atoms with Crippen LogP contribution < -0.4 is 0 Å². The van der Waals surface area contributed by atoms with Crippen LogP contribution in [0.1, 0.15) is 29.8 Å². The lowest BCUT2D eigenvalue weighted by Crippen LogP contribution is -2.08. The molecule has 0 unspecified atom stereocenters. The lowest BCUT2D eigenvalue weighted by atomic mass is 10.1. The molecule has 6 heteroatoms. The number of carbonyl (C=O) groups is 1. The maximum Gasteiger partial charge on any atom is 0.338 e. The molecule has 20 heavy (non-hydrogen) atoms. The zero-order valence-corrected chi connectivity index (χ0v) is 13.0. The van der Waals surface area contributed by atoms with Crippen LogP contribution in [0.25, 0.3) is 0 Å². The van der Waals surface area contributed by atoms with Gasteiger partial charge in [-0.05, 0) is 31.9 Å². The van der Waals surface area contributed by atoms with Gasteiger partial charge >= 0.3 is 13.6 Å².